The predicted octanol–water partition coefficient (Wildman–Crippen LogP) is 4.90. The van der Waals surface area contributed by atoms with Crippen molar-refractivity contribution in [3.8, 4) is 0 Å². The summed E-state index contributed by atoms with van der Waals surface area (Å²) in [6, 6.07) is 9.42. The Morgan fingerprint density at radius 3 is 2.15 bits per heavy atom. The molecule has 1 aromatic carbocycles. The maximum Gasteiger partial charge on any atom is 0.320 e. The Bertz CT molecular complexity index is 650. The van der Waals surface area contributed by atoms with Gasteiger partial charge in [0.2, 0.25) is 0 Å². The number of carbonyl (C=O) groups excluding carboxylic acids is 2. The van der Waals surface area contributed by atoms with Gasteiger partial charge in [0.1, 0.15) is 5.41 Å². The van der Waals surface area contributed by atoms with E-state index in [0.717, 1.165) is 32.1 Å². The van der Waals surface area contributed by atoms with E-state index in [0.29, 0.717) is 29.9 Å². The highest BCUT2D eigenvalue weighted by Gasteiger charge is 2.65. The molecule has 1 atom stereocenters. The monoisotopic (exact) mass is 354 g/mol. The lowest BCUT2D eigenvalue weighted by Crippen LogP contribution is -2.61. The van der Waals surface area contributed by atoms with E-state index in [9.17, 15) is 9.59 Å². The van der Waals surface area contributed by atoms with Crippen molar-refractivity contribution in [2.24, 2.45) is 35.0 Å². The molecule has 4 bridgehead atoms. The van der Waals surface area contributed by atoms with Crippen LogP contribution in [0.15, 0.2) is 30.3 Å². The van der Waals surface area contributed by atoms with Gasteiger partial charge in [-0.05, 0) is 61.7 Å². The van der Waals surface area contributed by atoms with E-state index in [1.165, 1.54) is 6.42 Å². The molecule has 3 heteroatoms. The number of Topliss-reactive ketones (excluding diaryl/α,β-unsaturated/α-hetero) is 1. The zero-order chi connectivity index (χ0) is 18.3. The second-order valence-electron chi connectivity index (χ2n) is 8.98. The number of carbonyl (C=O) groups is 2. The van der Waals surface area contributed by atoms with E-state index in [1.54, 1.807) is 0 Å². The summed E-state index contributed by atoms with van der Waals surface area (Å²) >= 11 is 0. The Morgan fingerprint density at radius 1 is 1.04 bits per heavy atom. The first-order valence-electron chi connectivity index (χ1n) is 10.3. The number of ketones is 1. The molecule has 5 rings (SSSR count). The molecule has 0 aromatic heterocycles. The quantitative estimate of drug-likeness (QED) is 0.414. The Hall–Kier alpha value is -1.64. The smallest absolute Gasteiger partial charge is 0.320 e. The van der Waals surface area contributed by atoms with Gasteiger partial charge in [-0.2, -0.15) is 0 Å². The highest BCUT2D eigenvalue weighted by atomic mass is 16.5. The van der Waals surface area contributed by atoms with Crippen LogP contribution in [0.1, 0.15) is 62.7 Å². The van der Waals surface area contributed by atoms with Gasteiger partial charge in [-0.25, -0.2) is 0 Å². The molecule has 0 saturated heterocycles. The third-order valence-electron chi connectivity index (χ3n) is 7.37. The molecule has 0 radical (unpaired) electrons. The Labute approximate surface area is 156 Å². The van der Waals surface area contributed by atoms with Crippen LogP contribution in [-0.4, -0.2) is 18.4 Å². The van der Waals surface area contributed by atoms with Crippen molar-refractivity contribution in [2.45, 2.75) is 52.4 Å². The van der Waals surface area contributed by atoms with E-state index in [1.807, 2.05) is 30.3 Å². The van der Waals surface area contributed by atoms with Crippen molar-refractivity contribution in [3.63, 3.8) is 0 Å². The summed E-state index contributed by atoms with van der Waals surface area (Å²) in [5, 5.41) is 0. The summed E-state index contributed by atoms with van der Waals surface area (Å²) in [6.07, 6.45) is 6.34. The SMILES string of the molecule is CC[C@H](C)COC(=O)C1(C(=O)c2ccccc2)C2CC3CC(C2)CC1C3. The maximum absolute atomic E-state index is 13.7. The van der Waals surface area contributed by atoms with Crippen molar-refractivity contribution in [1.82, 2.24) is 0 Å². The number of hydrogen-bond acceptors (Lipinski definition) is 3. The summed E-state index contributed by atoms with van der Waals surface area (Å²) in [7, 11) is 0. The second-order valence-corrected chi connectivity index (χ2v) is 8.98. The largest absolute Gasteiger partial charge is 0.465 e. The summed E-state index contributed by atoms with van der Waals surface area (Å²) in [6.45, 7) is 4.62. The first kappa shape index (κ1) is 17.8. The molecule has 0 heterocycles. The molecule has 4 aliphatic rings. The maximum atomic E-state index is 13.7. The fourth-order valence-electron chi connectivity index (χ4n) is 6.01. The van der Waals surface area contributed by atoms with E-state index in [2.05, 4.69) is 13.8 Å². The van der Waals surface area contributed by atoms with E-state index >= 15 is 0 Å². The van der Waals surface area contributed by atoms with Crippen LogP contribution < -0.4 is 0 Å². The number of esters is 1. The molecule has 0 N–H and O–H groups in total. The molecule has 0 amide bonds. The van der Waals surface area contributed by atoms with Gasteiger partial charge in [0.05, 0.1) is 6.61 Å². The molecule has 1 aromatic rings. The van der Waals surface area contributed by atoms with Crippen LogP contribution in [0, 0.1) is 35.0 Å². The second kappa shape index (κ2) is 6.83. The van der Waals surface area contributed by atoms with E-state index < -0.39 is 5.41 Å². The standard InChI is InChI=1S/C23H30O3/c1-3-15(2)14-26-22(25)23(21(24)18-7-5-4-6-8-18)19-10-16-9-17(12-19)13-20(23)11-16/h4-8,15-17,19-20H,3,9-14H2,1-2H3/t15-,16?,17?,19?,20?,23?/m0/s1. The van der Waals surface area contributed by atoms with Gasteiger partial charge >= 0.3 is 5.97 Å². The molecule has 4 aliphatic carbocycles. The average molecular weight is 354 g/mol. The van der Waals surface area contributed by atoms with Crippen LogP contribution in [0.4, 0.5) is 0 Å². The van der Waals surface area contributed by atoms with Gasteiger partial charge in [-0.15, -0.1) is 0 Å². The average Bonchev–Trinajstić information content (AvgIpc) is 2.66. The number of ether oxygens (including phenoxy) is 1. The predicted molar refractivity (Wildman–Crippen MR) is 101 cm³/mol. The normalized spacial score (nSPS) is 35.9. The van der Waals surface area contributed by atoms with Crippen molar-refractivity contribution in [1.29, 1.82) is 0 Å². The van der Waals surface area contributed by atoms with Gasteiger partial charge in [-0.3, -0.25) is 9.59 Å². The van der Waals surface area contributed by atoms with Crippen molar-refractivity contribution >= 4 is 11.8 Å². The van der Waals surface area contributed by atoms with Gasteiger partial charge < -0.3 is 4.74 Å². The van der Waals surface area contributed by atoms with Crippen LogP contribution >= 0.6 is 0 Å². The molecular formula is C23H30O3. The van der Waals surface area contributed by atoms with E-state index in [-0.39, 0.29) is 23.6 Å². The fraction of sp³-hybridized carbons (Fsp3) is 0.652. The first-order chi connectivity index (χ1) is 12.6. The Balaban J connectivity index is 1.70. The summed E-state index contributed by atoms with van der Waals surface area (Å²) in [5.41, 5.74) is -0.275. The van der Waals surface area contributed by atoms with Crippen LogP contribution in [0.3, 0.4) is 0 Å². The molecular weight excluding hydrogens is 324 g/mol. The third kappa shape index (κ3) is 2.71. The summed E-state index contributed by atoms with van der Waals surface area (Å²) in [5.74, 6) is 1.85. The molecule has 26 heavy (non-hydrogen) atoms. The first-order valence-corrected chi connectivity index (χ1v) is 10.3. The lowest BCUT2D eigenvalue weighted by atomic mass is 9.44. The molecule has 0 unspecified atom stereocenters. The number of benzene rings is 1. The number of rotatable bonds is 6. The molecule has 4 saturated carbocycles. The lowest BCUT2D eigenvalue weighted by molar-refractivity contribution is -0.175. The highest BCUT2D eigenvalue weighted by molar-refractivity contribution is 6.13. The summed E-state index contributed by atoms with van der Waals surface area (Å²) < 4.78 is 5.81. The zero-order valence-corrected chi connectivity index (χ0v) is 15.9. The van der Waals surface area contributed by atoms with Crippen molar-refractivity contribution in [3.05, 3.63) is 35.9 Å². The van der Waals surface area contributed by atoms with Crippen LogP contribution in [0.5, 0.6) is 0 Å². The van der Waals surface area contributed by atoms with Gasteiger partial charge in [0.25, 0.3) is 0 Å². The minimum atomic E-state index is -0.942. The fourth-order valence-corrected chi connectivity index (χ4v) is 6.01. The molecule has 140 valence electrons. The van der Waals surface area contributed by atoms with Crippen LogP contribution in [0.25, 0.3) is 0 Å². The minimum absolute atomic E-state index is 0.0149. The Kier molecular flexibility index (Phi) is 4.66. The van der Waals surface area contributed by atoms with Gasteiger partial charge in [0.15, 0.2) is 5.78 Å². The van der Waals surface area contributed by atoms with Gasteiger partial charge in [0, 0.05) is 5.56 Å². The lowest BCUT2D eigenvalue weighted by Gasteiger charge is -2.58. The van der Waals surface area contributed by atoms with Crippen LogP contribution in [0.2, 0.25) is 0 Å². The van der Waals surface area contributed by atoms with Crippen molar-refractivity contribution in [2.75, 3.05) is 6.61 Å². The third-order valence-corrected chi connectivity index (χ3v) is 7.37. The Morgan fingerprint density at radius 2 is 1.62 bits per heavy atom. The number of hydrogen-bond donors (Lipinski definition) is 0. The minimum Gasteiger partial charge on any atom is -0.465 e. The topological polar surface area (TPSA) is 43.4 Å². The highest BCUT2D eigenvalue weighted by Crippen LogP contribution is 2.63. The van der Waals surface area contributed by atoms with Crippen molar-refractivity contribution < 1.29 is 14.3 Å². The molecule has 0 spiro atoms. The van der Waals surface area contributed by atoms with Gasteiger partial charge in [-0.1, -0.05) is 50.6 Å². The molecule has 3 nitrogen and oxygen atoms in total. The zero-order valence-electron chi connectivity index (χ0n) is 15.9. The van der Waals surface area contributed by atoms with E-state index in [4.69, 9.17) is 4.74 Å². The molecule has 0 aliphatic heterocycles. The molecule has 4 fully saturated rings. The van der Waals surface area contributed by atoms with Crippen LogP contribution in [-0.2, 0) is 9.53 Å². The summed E-state index contributed by atoms with van der Waals surface area (Å²) in [4.78, 5) is 27.2.